The molecule has 1 fully saturated rings. The summed E-state index contributed by atoms with van der Waals surface area (Å²) >= 11 is 0. The highest BCUT2D eigenvalue weighted by molar-refractivity contribution is 5.90. The maximum absolute atomic E-state index is 12.4. The van der Waals surface area contributed by atoms with E-state index >= 15 is 0 Å². The van der Waals surface area contributed by atoms with Crippen LogP contribution in [0.1, 0.15) is 27.6 Å². The number of hydrogen-bond donors (Lipinski definition) is 3. The highest BCUT2D eigenvalue weighted by atomic mass is 16.6. The second kappa shape index (κ2) is 9.82. The van der Waals surface area contributed by atoms with Crippen molar-refractivity contribution in [3.05, 3.63) is 71.8 Å². The fourth-order valence-electron chi connectivity index (χ4n) is 3.37. The van der Waals surface area contributed by atoms with Crippen molar-refractivity contribution in [3.63, 3.8) is 0 Å². The Morgan fingerprint density at radius 1 is 0.700 bits per heavy atom. The van der Waals surface area contributed by atoms with Gasteiger partial charge in [-0.15, -0.1) is 0 Å². The van der Waals surface area contributed by atoms with Crippen LogP contribution in [0.25, 0.3) is 0 Å². The molecule has 0 spiro atoms. The highest BCUT2D eigenvalue weighted by Gasteiger charge is 2.53. The smallest absolute Gasteiger partial charge is 0.338 e. The molecule has 0 heterocycles. The van der Waals surface area contributed by atoms with Crippen LogP contribution in [-0.4, -0.2) is 70.5 Å². The number of aliphatic hydroxyl groups excluding tert-OH is 3. The molecule has 8 heteroatoms. The van der Waals surface area contributed by atoms with Gasteiger partial charge in [0.2, 0.25) is 0 Å². The molecule has 8 nitrogen and oxygen atoms in total. The molecule has 2 unspecified atom stereocenters. The fraction of sp³-hybridized carbons (Fsp3) is 0.364. The summed E-state index contributed by atoms with van der Waals surface area (Å²) < 4.78 is 16.0. The molecule has 0 radical (unpaired) electrons. The number of benzene rings is 2. The molecule has 2 aromatic carbocycles. The molecular formula is C22H24O8. The first kappa shape index (κ1) is 21.9. The van der Waals surface area contributed by atoms with Crippen LogP contribution in [0.5, 0.6) is 0 Å². The Morgan fingerprint density at radius 2 is 1.07 bits per heavy atom. The minimum atomic E-state index is -1.67. The van der Waals surface area contributed by atoms with E-state index in [2.05, 4.69) is 0 Å². The Morgan fingerprint density at radius 3 is 1.43 bits per heavy atom. The van der Waals surface area contributed by atoms with Gasteiger partial charge >= 0.3 is 11.9 Å². The van der Waals surface area contributed by atoms with E-state index in [4.69, 9.17) is 14.2 Å². The third kappa shape index (κ3) is 4.68. The van der Waals surface area contributed by atoms with Gasteiger partial charge in [-0.2, -0.15) is 0 Å². The summed E-state index contributed by atoms with van der Waals surface area (Å²) in [5, 5.41) is 31.9. The van der Waals surface area contributed by atoms with E-state index in [1.54, 1.807) is 43.3 Å². The Labute approximate surface area is 173 Å². The Balaban J connectivity index is 1.83. The molecule has 0 aliphatic heterocycles. The van der Waals surface area contributed by atoms with Crippen LogP contribution in [0.3, 0.4) is 0 Å². The maximum atomic E-state index is 12.4. The average Bonchev–Trinajstić information content (AvgIpc) is 2.78. The second-order valence-corrected chi connectivity index (χ2v) is 6.86. The molecule has 6 atom stereocenters. The summed E-state index contributed by atoms with van der Waals surface area (Å²) in [5.74, 6) is -1.56. The highest BCUT2D eigenvalue weighted by Crippen LogP contribution is 2.29. The summed E-state index contributed by atoms with van der Waals surface area (Å²) in [5.41, 5.74) is 0.433. The van der Waals surface area contributed by atoms with Crippen molar-refractivity contribution in [1.29, 1.82) is 0 Å². The van der Waals surface area contributed by atoms with Gasteiger partial charge in [-0.3, -0.25) is 0 Å². The summed E-state index contributed by atoms with van der Waals surface area (Å²) in [6.07, 6.45) is -8.94. The first-order chi connectivity index (χ1) is 14.4. The van der Waals surface area contributed by atoms with Gasteiger partial charge in [0.1, 0.15) is 24.4 Å². The van der Waals surface area contributed by atoms with Crippen molar-refractivity contribution in [2.75, 3.05) is 6.61 Å². The normalized spacial score (nSPS) is 28.5. The fourth-order valence-corrected chi connectivity index (χ4v) is 3.37. The van der Waals surface area contributed by atoms with Crippen LogP contribution >= 0.6 is 0 Å². The van der Waals surface area contributed by atoms with Crippen molar-refractivity contribution >= 4 is 11.9 Å². The number of rotatable bonds is 6. The molecule has 1 aliphatic carbocycles. The van der Waals surface area contributed by atoms with E-state index < -0.39 is 48.6 Å². The quantitative estimate of drug-likeness (QED) is 0.595. The van der Waals surface area contributed by atoms with E-state index in [1.807, 2.05) is 0 Å². The topological polar surface area (TPSA) is 123 Å². The van der Waals surface area contributed by atoms with Crippen LogP contribution < -0.4 is 0 Å². The predicted octanol–water partition coefficient (Wildman–Crippen LogP) is 0.939. The number of carbonyl (C=O) groups is 2. The largest absolute Gasteiger partial charge is 0.453 e. The lowest BCUT2D eigenvalue weighted by Gasteiger charge is -2.44. The lowest BCUT2D eigenvalue weighted by molar-refractivity contribution is -0.234. The molecule has 0 aromatic heterocycles. The van der Waals surface area contributed by atoms with Gasteiger partial charge in [0.05, 0.1) is 11.1 Å². The second-order valence-electron chi connectivity index (χ2n) is 6.86. The van der Waals surface area contributed by atoms with Crippen molar-refractivity contribution in [3.8, 4) is 0 Å². The molecule has 30 heavy (non-hydrogen) atoms. The van der Waals surface area contributed by atoms with Gasteiger partial charge in [-0.05, 0) is 31.2 Å². The zero-order valence-corrected chi connectivity index (χ0v) is 16.3. The number of carbonyl (C=O) groups excluding carboxylic acids is 2. The Bertz CT molecular complexity index is 773. The molecular weight excluding hydrogens is 392 g/mol. The van der Waals surface area contributed by atoms with E-state index in [1.165, 1.54) is 24.3 Å². The molecule has 3 N–H and O–H groups in total. The van der Waals surface area contributed by atoms with Crippen molar-refractivity contribution in [2.45, 2.75) is 43.5 Å². The summed E-state index contributed by atoms with van der Waals surface area (Å²) in [6.45, 7) is 1.79. The van der Waals surface area contributed by atoms with Crippen LogP contribution in [-0.2, 0) is 14.2 Å². The van der Waals surface area contributed by atoms with Crippen LogP contribution in [0.4, 0.5) is 0 Å². The number of hydrogen-bond acceptors (Lipinski definition) is 8. The van der Waals surface area contributed by atoms with Gasteiger partial charge in [0.15, 0.2) is 12.2 Å². The predicted molar refractivity (Wildman–Crippen MR) is 105 cm³/mol. The lowest BCUT2D eigenvalue weighted by Crippen LogP contribution is -2.66. The van der Waals surface area contributed by atoms with E-state index in [-0.39, 0.29) is 17.7 Å². The molecule has 3 rings (SSSR count). The Kier molecular flexibility index (Phi) is 7.17. The van der Waals surface area contributed by atoms with Crippen LogP contribution in [0.15, 0.2) is 60.7 Å². The standard InChI is InChI=1S/C22H24O8/c1-2-28-18-15(23)19(29-21(26)13-9-5-3-6-10-13)17(25)20(16(18)24)30-22(27)14-11-7-4-8-12-14/h3-12,15-20,23-25H,2H2,1H3/t15-,16+,17?,18?,19+,20-. The van der Waals surface area contributed by atoms with Crippen molar-refractivity contribution < 1.29 is 39.1 Å². The van der Waals surface area contributed by atoms with Crippen molar-refractivity contribution in [2.24, 2.45) is 0 Å². The third-order valence-corrected chi connectivity index (χ3v) is 4.88. The molecule has 1 aliphatic rings. The lowest BCUT2D eigenvalue weighted by atomic mass is 9.84. The number of esters is 2. The van der Waals surface area contributed by atoms with E-state index in [9.17, 15) is 24.9 Å². The van der Waals surface area contributed by atoms with Gasteiger partial charge in [-0.25, -0.2) is 9.59 Å². The molecule has 0 amide bonds. The molecule has 160 valence electrons. The molecule has 2 aromatic rings. The first-order valence-corrected chi connectivity index (χ1v) is 9.62. The van der Waals surface area contributed by atoms with Crippen LogP contribution in [0.2, 0.25) is 0 Å². The molecule has 0 saturated heterocycles. The summed E-state index contributed by atoms with van der Waals surface area (Å²) in [4.78, 5) is 24.9. The van der Waals surface area contributed by atoms with Gasteiger partial charge in [0.25, 0.3) is 0 Å². The van der Waals surface area contributed by atoms with Crippen molar-refractivity contribution in [1.82, 2.24) is 0 Å². The Hall–Kier alpha value is -2.78. The maximum Gasteiger partial charge on any atom is 0.338 e. The van der Waals surface area contributed by atoms with Crippen LogP contribution in [0, 0.1) is 0 Å². The minimum Gasteiger partial charge on any atom is -0.453 e. The zero-order chi connectivity index (χ0) is 21.7. The monoisotopic (exact) mass is 416 g/mol. The summed E-state index contributed by atoms with van der Waals surface area (Å²) in [6, 6.07) is 16.1. The van der Waals surface area contributed by atoms with E-state index in [0.29, 0.717) is 0 Å². The van der Waals surface area contributed by atoms with E-state index in [0.717, 1.165) is 0 Å². The molecule has 0 bridgehead atoms. The van der Waals surface area contributed by atoms with Gasteiger partial charge < -0.3 is 29.5 Å². The first-order valence-electron chi connectivity index (χ1n) is 9.62. The van der Waals surface area contributed by atoms with Gasteiger partial charge in [0, 0.05) is 6.61 Å². The van der Waals surface area contributed by atoms with Gasteiger partial charge in [-0.1, -0.05) is 36.4 Å². The average molecular weight is 416 g/mol. The zero-order valence-electron chi connectivity index (χ0n) is 16.3. The third-order valence-electron chi connectivity index (χ3n) is 4.88. The minimum absolute atomic E-state index is 0.133. The number of ether oxygens (including phenoxy) is 3. The SMILES string of the molecule is CCOC1[C@@H](O)[C@H](OC(=O)c2ccccc2)C(O)[C@H](OC(=O)c2ccccc2)[C@H]1O. The summed E-state index contributed by atoms with van der Waals surface area (Å²) in [7, 11) is 0. The number of aliphatic hydroxyl groups is 3. The molecule has 1 saturated carbocycles.